The van der Waals surface area contributed by atoms with Crippen molar-refractivity contribution in [3.05, 3.63) is 69.7 Å². The fraction of sp³-hybridized carbons (Fsp3) is 0.0667. The molecule has 2 N–H and O–H groups in total. The van der Waals surface area contributed by atoms with E-state index in [-0.39, 0.29) is 0 Å². The molecule has 108 valence electrons. The fourth-order valence-corrected chi connectivity index (χ4v) is 2.17. The Labute approximate surface area is 139 Å². The largest absolute Gasteiger partial charge is 0.357 e. The van der Waals surface area contributed by atoms with Crippen LogP contribution in [0.5, 0.6) is 0 Å². The lowest BCUT2D eigenvalue weighted by Gasteiger charge is -2.06. The van der Waals surface area contributed by atoms with Crippen LogP contribution in [-0.2, 0) is 6.54 Å². The Balaban J connectivity index is 1.82. The fourth-order valence-electron chi connectivity index (χ4n) is 1.58. The molecule has 3 nitrogen and oxygen atoms in total. The van der Waals surface area contributed by atoms with Crippen molar-refractivity contribution >= 4 is 46.7 Å². The maximum Gasteiger partial charge on any atom is 0.187 e. The van der Waals surface area contributed by atoms with Gasteiger partial charge < -0.3 is 5.32 Å². The smallest absolute Gasteiger partial charge is 0.187 e. The van der Waals surface area contributed by atoms with E-state index in [4.69, 9.17) is 35.4 Å². The molecule has 0 radical (unpaired) electrons. The van der Waals surface area contributed by atoms with Gasteiger partial charge in [0.15, 0.2) is 5.11 Å². The molecule has 0 aliphatic carbocycles. The zero-order valence-corrected chi connectivity index (χ0v) is 13.3. The van der Waals surface area contributed by atoms with Gasteiger partial charge in [-0.25, -0.2) is 0 Å². The standard InChI is InChI=1S/C15H13Cl2N3S/c16-13-7-6-12(14(17)8-13)10-19-20-15(21)18-9-11-4-2-1-3-5-11/h1-8,10H,9H2,(H2,18,20,21)/b19-10-. The Morgan fingerprint density at radius 1 is 1.14 bits per heavy atom. The lowest BCUT2D eigenvalue weighted by atomic mass is 10.2. The van der Waals surface area contributed by atoms with Gasteiger partial charge in [-0.05, 0) is 29.9 Å². The highest BCUT2D eigenvalue weighted by molar-refractivity contribution is 7.80. The van der Waals surface area contributed by atoms with Crippen molar-refractivity contribution in [1.82, 2.24) is 10.7 Å². The summed E-state index contributed by atoms with van der Waals surface area (Å²) in [6.07, 6.45) is 1.59. The van der Waals surface area contributed by atoms with Crippen LogP contribution >= 0.6 is 35.4 Å². The van der Waals surface area contributed by atoms with Crippen molar-refractivity contribution in [3.63, 3.8) is 0 Å². The third-order valence-electron chi connectivity index (χ3n) is 2.63. The monoisotopic (exact) mass is 337 g/mol. The van der Waals surface area contributed by atoms with Gasteiger partial charge in [-0.3, -0.25) is 5.43 Å². The minimum atomic E-state index is 0.445. The van der Waals surface area contributed by atoms with Gasteiger partial charge in [0.25, 0.3) is 0 Å². The number of nitrogens with zero attached hydrogens (tertiary/aromatic N) is 1. The molecule has 0 atom stereocenters. The number of benzene rings is 2. The first kappa shape index (κ1) is 15.8. The van der Waals surface area contributed by atoms with Crippen molar-refractivity contribution in [3.8, 4) is 0 Å². The predicted molar refractivity (Wildman–Crippen MR) is 93.1 cm³/mol. The summed E-state index contributed by atoms with van der Waals surface area (Å²) < 4.78 is 0. The summed E-state index contributed by atoms with van der Waals surface area (Å²) in [4.78, 5) is 0. The Morgan fingerprint density at radius 2 is 1.90 bits per heavy atom. The summed E-state index contributed by atoms with van der Waals surface area (Å²) in [6.45, 7) is 0.643. The normalized spacial score (nSPS) is 10.6. The van der Waals surface area contributed by atoms with Crippen LogP contribution in [0.15, 0.2) is 53.6 Å². The second-order valence-corrected chi connectivity index (χ2v) is 5.46. The average Bonchev–Trinajstić information content (AvgIpc) is 2.48. The van der Waals surface area contributed by atoms with Crippen molar-refractivity contribution in [1.29, 1.82) is 0 Å². The number of thiocarbonyl (C=S) groups is 1. The van der Waals surface area contributed by atoms with Gasteiger partial charge in [-0.1, -0.05) is 59.6 Å². The molecule has 0 amide bonds. The topological polar surface area (TPSA) is 36.4 Å². The van der Waals surface area contributed by atoms with Gasteiger partial charge in [-0.2, -0.15) is 5.10 Å². The third kappa shape index (κ3) is 5.34. The van der Waals surface area contributed by atoms with E-state index in [1.54, 1.807) is 24.4 Å². The summed E-state index contributed by atoms with van der Waals surface area (Å²) in [6, 6.07) is 15.2. The molecule has 0 aromatic heterocycles. The van der Waals surface area contributed by atoms with Crippen LogP contribution in [0.25, 0.3) is 0 Å². The van der Waals surface area contributed by atoms with Crippen LogP contribution < -0.4 is 10.7 Å². The molecule has 0 saturated carbocycles. The first-order valence-electron chi connectivity index (χ1n) is 6.21. The zero-order valence-electron chi connectivity index (χ0n) is 11.0. The Hall–Kier alpha value is -1.62. The first-order valence-corrected chi connectivity index (χ1v) is 7.37. The summed E-state index contributed by atoms with van der Waals surface area (Å²) in [5.41, 5.74) is 4.65. The summed E-state index contributed by atoms with van der Waals surface area (Å²) in [7, 11) is 0. The van der Waals surface area contributed by atoms with Gasteiger partial charge in [0.05, 0.1) is 11.2 Å². The van der Waals surface area contributed by atoms with E-state index in [0.29, 0.717) is 21.7 Å². The minimum absolute atomic E-state index is 0.445. The molecule has 0 bridgehead atoms. The van der Waals surface area contributed by atoms with Gasteiger partial charge in [0.2, 0.25) is 0 Å². The number of hydrazone groups is 1. The SMILES string of the molecule is S=C(NCc1ccccc1)N/N=C\c1ccc(Cl)cc1Cl. The molecular weight excluding hydrogens is 325 g/mol. The molecule has 6 heteroatoms. The van der Waals surface area contributed by atoms with Gasteiger partial charge in [-0.15, -0.1) is 0 Å². The highest BCUT2D eigenvalue weighted by Gasteiger charge is 1.98. The molecule has 2 rings (SSSR count). The maximum absolute atomic E-state index is 6.03. The van der Waals surface area contributed by atoms with E-state index < -0.39 is 0 Å². The van der Waals surface area contributed by atoms with Gasteiger partial charge in [0.1, 0.15) is 0 Å². The average molecular weight is 338 g/mol. The van der Waals surface area contributed by atoms with E-state index >= 15 is 0 Å². The summed E-state index contributed by atoms with van der Waals surface area (Å²) in [5, 5.41) is 8.67. The number of hydrogen-bond donors (Lipinski definition) is 2. The highest BCUT2D eigenvalue weighted by Crippen LogP contribution is 2.19. The summed E-state index contributed by atoms with van der Waals surface area (Å²) in [5.74, 6) is 0. The van der Waals surface area contributed by atoms with E-state index in [2.05, 4.69) is 15.8 Å². The Kier molecular flexibility index (Phi) is 5.99. The minimum Gasteiger partial charge on any atom is -0.357 e. The molecule has 2 aromatic carbocycles. The molecule has 0 fully saturated rings. The van der Waals surface area contributed by atoms with E-state index in [1.807, 2.05) is 30.3 Å². The second-order valence-electron chi connectivity index (χ2n) is 4.20. The molecule has 0 saturated heterocycles. The van der Waals surface area contributed by atoms with Crippen molar-refractivity contribution < 1.29 is 0 Å². The van der Waals surface area contributed by atoms with E-state index in [1.165, 1.54) is 0 Å². The first-order chi connectivity index (χ1) is 10.1. The van der Waals surface area contributed by atoms with Crippen LogP contribution in [0.1, 0.15) is 11.1 Å². The lowest BCUT2D eigenvalue weighted by Crippen LogP contribution is -2.31. The maximum atomic E-state index is 6.03. The Morgan fingerprint density at radius 3 is 2.62 bits per heavy atom. The molecule has 0 spiro atoms. The molecule has 0 aliphatic heterocycles. The van der Waals surface area contributed by atoms with E-state index in [9.17, 15) is 0 Å². The van der Waals surface area contributed by atoms with Crippen LogP contribution in [-0.4, -0.2) is 11.3 Å². The van der Waals surface area contributed by atoms with Gasteiger partial charge in [0, 0.05) is 17.1 Å². The quantitative estimate of drug-likeness (QED) is 0.503. The number of hydrogen-bond acceptors (Lipinski definition) is 2. The third-order valence-corrected chi connectivity index (χ3v) is 3.43. The molecule has 0 heterocycles. The van der Waals surface area contributed by atoms with Crippen LogP contribution in [0, 0.1) is 0 Å². The zero-order chi connectivity index (χ0) is 15.1. The molecular formula is C15H13Cl2N3S. The van der Waals surface area contributed by atoms with Crippen LogP contribution in [0.2, 0.25) is 10.0 Å². The number of rotatable bonds is 4. The predicted octanol–water partition coefficient (Wildman–Crippen LogP) is 3.99. The molecule has 21 heavy (non-hydrogen) atoms. The molecule has 2 aromatic rings. The van der Waals surface area contributed by atoms with Gasteiger partial charge >= 0.3 is 0 Å². The van der Waals surface area contributed by atoms with Crippen molar-refractivity contribution in [2.75, 3.05) is 0 Å². The molecule has 0 aliphatic rings. The highest BCUT2D eigenvalue weighted by atomic mass is 35.5. The summed E-state index contributed by atoms with van der Waals surface area (Å²) >= 11 is 17.0. The second kappa shape index (κ2) is 7.98. The number of halogens is 2. The van der Waals surface area contributed by atoms with E-state index in [0.717, 1.165) is 11.1 Å². The van der Waals surface area contributed by atoms with Crippen molar-refractivity contribution in [2.24, 2.45) is 5.10 Å². The molecule has 0 unspecified atom stereocenters. The van der Waals surface area contributed by atoms with Crippen LogP contribution in [0.4, 0.5) is 0 Å². The number of nitrogens with one attached hydrogen (secondary N) is 2. The lowest BCUT2D eigenvalue weighted by molar-refractivity contribution is 0.869. The Bertz CT molecular complexity index is 645. The van der Waals surface area contributed by atoms with Crippen molar-refractivity contribution in [2.45, 2.75) is 6.54 Å². The van der Waals surface area contributed by atoms with Crippen LogP contribution in [0.3, 0.4) is 0 Å².